The van der Waals surface area contributed by atoms with Crippen LogP contribution in [0.2, 0.25) is 0 Å². The minimum Gasteiger partial charge on any atom is -0.507 e. The molecule has 0 spiro atoms. The molecular formula is C16H25NO2. The van der Waals surface area contributed by atoms with Gasteiger partial charge in [-0.2, -0.15) is 0 Å². The molecule has 0 aliphatic carbocycles. The summed E-state index contributed by atoms with van der Waals surface area (Å²) in [7, 11) is 0. The predicted octanol–water partition coefficient (Wildman–Crippen LogP) is 3.46. The van der Waals surface area contributed by atoms with Gasteiger partial charge in [-0.3, -0.25) is 0 Å². The van der Waals surface area contributed by atoms with Crippen LogP contribution in [0.15, 0.2) is 18.2 Å². The Morgan fingerprint density at radius 1 is 1.32 bits per heavy atom. The first-order valence-electron chi connectivity index (χ1n) is 7.37. The highest BCUT2D eigenvalue weighted by molar-refractivity contribution is 5.54. The van der Waals surface area contributed by atoms with E-state index >= 15 is 0 Å². The molecule has 1 aromatic carbocycles. The molecule has 1 fully saturated rings. The molecule has 1 unspecified atom stereocenters. The molecule has 0 aromatic heterocycles. The standard InChI is InChI=1S/C16H25NO2/c1-3-4-13-7-9-17(10-8-13)14-5-6-15(12(2)18)16(19)11-14/h5-6,11-13,18-19H,3-4,7-10H2,1-2H3. The van der Waals surface area contributed by atoms with Crippen LogP contribution in [0.5, 0.6) is 5.75 Å². The van der Waals surface area contributed by atoms with Crippen molar-refractivity contribution in [3.05, 3.63) is 23.8 Å². The van der Waals surface area contributed by atoms with E-state index in [9.17, 15) is 10.2 Å². The highest BCUT2D eigenvalue weighted by atomic mass is 16.3. The number of phenols is 1. The van der Waals surface area contributed by atoms with Crippen LogP contribution < -0.4 is 4.90 Å². The molecule has 1 aliphatic heterocycles. The zero-order valence-corrected chi connectivity index (χ0v) is 12.0. The summed E-state index contributed by atoms with van der Waals surface area (Å²) >= 11 is 0. The number of benzene rings is 1. The van der Waals surface area contributed by atoms with E-state index in [1.165, 1.54) is 25.7 Å². The third-order valence-electron chi connectivity index (χ3n) is 4.14. The number of hydrogen-bond acceptors (Lipinski definition) is 3. The fourth-order valence-corrected chi connectivity index (χ4v) is 2.97. The van der Waals surface area contributed by atoms with Crippen LogP contribution >= 0.6 is 0 Å². The lowest BCUT2D eigenvalue weighted by atomic mass is 9.92. The van der Waals surface area contributed by atoms with Crippen LogP contribution in [-0.4, -0.2) is 23.3 Å². The Hall–Kier alpha value is -1.22. The number of aromatic hydroxyl groups is 1. The number of aliphatic hydroxyl groups excluding tert-OH is 1. The molecule has 19 heavy (non-hydrogen) atoms. The van der Waals surface area contributed by atoms with Gasteiger partial charge >= 0.3 is 0 Å². The van der Waals surface area contributed by atoms with Crippen molar-refractivity contribution < 1.29 is 10.2 Å². The van der Waals surface area contributed by atoms with E-state index in [0.29, 0.717) is 5.56 Å². The number of phenolic OH excluding ortho intramolecular Hbond substituents is 1. The minimum absolute atomic E-state index is 0.197. The van der Waals surface area contributed by atoms with Gasteiger partial charge in [0.1, 0.15) is 5.75 Å². The maximum Gasteiger partial charge on any atom is 0.123 e. The van der Waals surface area contributed by atoms with E-state index in [1.54, 1.807) is 13.0 Å². The number of nitrogens with zero attached hydrogens (tertiary/aromatic N) is 1. The van der Waals surface area contributed by atoms with Gasteiger partial charge in [-0.25, -0.2) is 0 Å². The molecular weight excluding hydrogens is 238 g/mol. The zero-order valence-electron chi connectivity index (χ0n) is 12.0. The summed E-state index contributed by atoms with van der Waals surface area (Å²) in [4.78, 5) is 2.33. The van der Waals surface area contributed by atoms with Crippen LogP contribution in [0.4, 0.5) is 5.69 Å². The Bertz CT molecular complexity index is 409. The fraction of sp³-hybridized carbons (Fsp3) is 0.625. The normalized spacial score (nSPS) is 18.6. The largest absolute Gasteiger partial charge is 0.507 e. The molecule has 0 amide bonds. The molecule has 0 bridgehead atoms. The van der Waals surface area contributed by atoms with Gasteiger partial charge < -0.3 is 15.1 Å². The Kier molecular flexibility index (Phi) is 4.70. The third kappa shape index (κ3) is 3.41. The highest BCUT2D eigenvalue weighted by Gasteiger charge is 2.19. The van der Waals surface area contributed by atoms with Crippen molar-refractivity contribution in [3.8, 4) is 5.75 Å². The van der Waals surface area contributed by atoms with Gasteiger partial charge in [0.2, 0.25) is 0 Å². The average Bonchev–Trinajstić information content (AvgIpc) is 2.39. The SMILES string of the molecule is CCCC1CCN(c2ccc(C(C)O)c(O)c2)CC1. The summed E-state index contributed by atoms with van der Waals surface area (Å²) in [6.45, 7) is 6.06. The van der Waals surface area contributed by atoms with Crippen molar-refractivity contribution in [1.82, 2.24) is 0 Å². The van der Waals surface area contributed by atoms with Crippen LogP contribution in [0, 0.1) is 5.92 Å². The van der Waals surface area contributed by atoms with Gasteiger partial charge in [-0.05, 0) is 31.7 Å². The minimum atomic E-state index is -0.621. The summed E-state index contributed by atoms with van der Waals surface area (Å²) in [5.41, 5.74) is 1.67. The Balaban J connectivity index is 2.02. The number of piperidine rings is 1. The van der Waals surface area contributed by atoms with Crippen LogP contribution in [-0.2, 0) is 0 Å². The van der Waals surface area contributed by atoms with Crippen molar-refractivity contribution >= 4 is 5.69 Å². The van der Waals surface area contributed by atoms with Gasteiger partial charge in [-0.15, -0.1) is 0 Å². The van der Waals surface area contributed by atoms with E-state index in [4.69, 9.17) is 0 Å². The topological polar surface area (TPSA) is 43.7 Å². The van der Waals surface area contributed by atoms with Crippen molar-refractivity contribution in [3.63, 3.8) is 0 Å². The summed E-state index contributed by atoms with van der Waals surface area (Å²) in [6.07, 6.45) is 4.47. The van der Waals surface area contributed by atoms with E-state index in [-0.39, 0.29) is 5.75 Å². The molecule has 1 aliphatic rings. The molecule has 3 heteroatoms. The molecule has 1 saturated heterocycles. The van der Waals surface area contributed by atoms with Gasteiger partial charge in [0.25, 0.3) is 0 Å². The van der Waals surface area contributed by atoms with Crippen LogP contribution in [0.25, 0.3) is 0 Å². The van der Waals surface area contributed by atoms with Gasteiger partial charge in [-0.1, -0.05) is 25.8 Å². The van der Waals surface area contributed by atoms with Gasteiger partial charge in [0.15, 0.2) is 0 Å². The van der Waals surface area contributed by atoms with Gasteiger partial charge in [0.05, 0.1) is 6.10 Å². The molecule has 1 heterocycles. The summed E-state index contributed by atoms with van der Waals surface area (Å²) in [5, 5.41) is 19.5. The molecule has 0 saturated carbocycles. The second kappa shape index (κ2) is 6.29. The van der Waals surface area contributed by atoms with Crippen LogP contribution in [0.3, 0.4) is 0 Å². The maximum absolute atomic E-state index is 9.94. The van der Waals surface area contributed by atoms with Crippen molar-refractivity contribution in [2.24, 2.45) is 5.92 Å². The smallest absolute Gasteiger partial charge is 0.123 e. The first-order valence-corrected chi connectivity index (χ1v) is 7.37. The van der Waals surface area contributed by atoms with Crippen LogP contribution in [0.1, 0.15) is 51.2 Å². The van der Waals surface area contributed by atoms with E-state index in [1.807, 2.05) is 12.1 Å². The summed E-state index contributed by atoms with van der Waals surface area (Å²) < 4.78 is 0. The lowest BCUT2D eigenvalue weighted by molar-refractivity contribution is 0.195. The lowest BCUT2D eigenvalue weighted by Gasteiger charge is -2.33. The van der Waals surface area contributed by atoms with Gasteiger partial charge in [0, 0.05) is 30.4 Å². The molecule has 2 N–H and O–H groups in total. The van der Waals surface area contributed by atoms with E-state index < -0.39 is 6.10 Å². The second-order valence-electron chi connectivity index (χ2n) is 5.64. The first kappa shape index (κ1) is 14.2. The Labute approximate surface area is 115 Å². The second-order valence-corrected chi connectivity index (χ2v) is 5.64. The zero-order chi connectivity index (χ0) is 13.8. The van der Waals surface area contributed by atoms with Crippen molar-refractivity contribution in [2.75, 3.05) is 18.0 Å². The monoisotopic (exact) mass is 263 g/mol. The molecule has 0 radical (unpaired) electrons. The summed E-state index contributed by atoms with van der Waals surface area (Å²) in [6, 6.07) is 5.61. The highest BCUT2D eigenvalue weighted by Crippen LogP contribution is 2.31. The Morgan fingerprint density at radius 3 is 2.53 bits per heavy atom. The molecule has 1 aromatic rings. The average molecular weight is 263 g/mol. The maximum atomic E-state index is 9.94. The molecule has 3 nitrogen and oxygen atoms in total. The third-order valence-corrected chi connectivity index (χ3v) is 4.14. The fourth-order valence-electron chi connectivity index (χ4n) is 2.97. The van der Waals surface area contributed by atoms with E-state index in [2.05, 4.69) is 11.8 Å². The number of anilines is 1. The Morgan fingerprint density at radius 2 is 2.00 bits per heavy atom. The number of rotatable bonds is 4. The number of aliphatic hydroxyl groups is 1. The first-order chi connectivity index (χ1) is 9.11. The predicted molar refractivity (Wildman–Crippen MR) is 78.6 cm³/mol. The molecule has 1 atom stereocenters. The van der Waals surface area contributed by atoms with Crippen molar-refractivity contribution in [2.45, 2.75) is 45.6 Å². The lowest BCUT2D eigenvalue weighted by Crippen LogP contribution is -2.33. The molecule has 106 valence electrons. The van der Waals surface area contributed by atoms with E-state index in [0.717, 1.165) is 24.7 Å². The molecule has 2 rings (SSSR count). The quantitative estimate of drug-likeness (QED) is 0.874. The summed E-state index contributed by atoms with van der Waals surface area (Å²) in [5.74, 6) is 1.06. The number of hydrogen-bond donors (Lipinski definition) is 2. The van der Waals surface area contributed by atoms with Crippen molar-refractivity contribution in [1.29, 1.82) is 0 Å².